The van der Waals surface area contributed by atoms with Crippen molar-refractivity contribution >= 4 is 23.2 Å². The minimum absolute atomic E-state index is 0.0832. The van der Waals surface area contributed by atoms with E-state index in [2.05, 4.69) is 5.32 Å². The fourth-order valence-corrected chi connectivity index (χ4v) is 3.21. The van der Waals surface area contributed by atoms with Crippen LogP contribution in [0.3, 0.4) is 0 Å². The monoisotopic (exact) mass is 359 g/mol. The number of carbonyl (C=O) groups is 1. The van der Waals surface area contributed by atoms with E-state index in [4.69, 9.17) is 25.8 Å². The molecule has 2 aromatic rings. The van der Waals surface area contributed by atoms with Crippen molar-refractivity contribution in [3.8, 4) is 17.2 Å². The molecule has 4 rings (SSSR count). The van der Waals surface area contributed by atoms with Gasteiger partial charge in [0, 0.05) is 23.2 Å². The van der Waals surface area contributed by atoms with Gasteiger partial charge in [0.15, 0.2) is 11.5 Å². The summed E-state index contributed by atoms with van der Waals surface area (Å²) in [4.78, 5) is 12.6. The molecule has 0 bridgehead atoms. The molecule has 2 aliphatic heterocycles. The molecule has 0 aliphatic carbocycles. The van der Waals surface area contributed by atoms with Gasteiger partial charge in [-0.25, -0.2) is 0 Å². The largest absolute Gasteiger partial charge is 0.492 e. The van der Waals surface area contributed by atoms with Gasteiger partial charge in [-0.05, 0) is 42.3 Å². The molecule has 0 spiro atoms. The molecule has 1 amide bonds. The first kappa shape index (κ1) is 16.1. The van der Waals surface area contributed by atoms with Gasteiger partial charge in [-0.15, -0.1) is 0 Å². The molecule has 1 atom stereocenters. The van der Waals surface area contributed by atoms with Crippen LogP contribution in [-0.2, 0) is 11.2 Å². The highest BCUT2D eigenvalue weighted by molar-refractivity contribution is 6.30. The minimum atomic E-state index is -0.262. The van der Waals surface area contributed by atoms with Crippen LogP contribution in [0.1, 0.15) is 12.0 Å². The Labute approximate surface area is 150 Å². The third-order valence-corrected chi connectivity index (χ3v) is 4.55. The number of carbonyl (C=O) groups excluding carboxylic acids is 1. The summed E-state index contributed by atoms with van der Waals surface area (Å²) in [5, 5.41) is 3.58. The van der Waals surface area contributed by atoms with Crippen LogP contribution in [-0.4, -0.2) is 25.7 Å². The van der Waals surface area contributed by atoms with E-state index in [-0.39, 0.29) is 11.8 Å². The van der Waals surface area contributed by atoms with E-state index in [9.17, 15) is 4.79 Å². The third-order valence-electron chi connectivity index (χ3n) is 4.31. The van der Waals surface area contributed by atoms with Crippen LogP contribution in [0.15, 0.2) is 36.4 Å². The SMILES string of the molecule is O=C(Nc1ccc2c(c1)OCCCO2)C1COc2ccc(Cl)cc2C1. The Morgan fingerprint density at radius 1 is 1.00 bits per heavy atom. The van der Waals surface area contributed by atoms with Crippen LogP contribution in [0.25, 0.3) is 0 Å². The predicted octanol–water partition coefficient (Wildman–Crippen LogP) is 3.69. The Bertz CT molecular complexity index is 808. The van der Waals surface area contributed by atoms with Crippen molar-refractivity contribution in [1.29, 1.82) is 0 Å². The van der Waals surface area contributed by atoms with Crippen molar-refractivity contribution in [1.82, 2.24) is 0 Å². The number of nitrogens with one attached hydrogen (secondary N) is 1. The van der Waals surface area contributed by atoms with E-state index in [1.807, 2.05) is 24.3 Å². The summed E-state index contributed by atoms with van der Waals surface area (Å²) in [5.74, 6) is 1.82. The third kappa shape index (κ3) is 3.51. The van der Waals surface area contributed by atoms with Gasteiger partial charge in [0.25, 0.3) is 0 Å². The number of halogens is 1. The van der Waals surface area contributed by atoms with Gasteiger partial charge < -0.3 is 19.5 Å². The Hall–Kier alpha value is -2.40. The number of benzene rings is 2. The summed E-state index contributed by atoms with van der Waals surface area (Å²) in [6, 6.07) is 10.9. The maximum Gasteiger partial charge on any atom is 0.231 e. The summed E-state index contributed by atoms with van der Waals surface area (Å²) >= 11 is 6.03. The number of anilines is 1. The fourth-order valence-electron chi connectivity index (χ4n) is 3.02. The van der Waals surface area contributed by atoms with Crippen LogP contribution >= 0.6 is 11.6 Å². The van der Waals surface area contributed by atoms with E-state index in [0.29, 0.717) is 48.5 Å². The minimum Gasteiger partial charge on any atom is -0.492 e. The average molecular weight is 360 g/mol. The van der Waals surface area contributed by atoms with Crippen molar-refractivity contribution in [3.05, 3.63) is 47.0 Å². The average Bonchev–Trinajstić information content (AvgIpc) is 2.86. The van der Waals surface area contributed by atoms with Gasteiger partial charge >= 0.3 is 0 Å². The molecule has 25 heavy (non-hydrogen) atoms. The number of ether oxygens (including phenoxy) is 3. The molecule has 0 fully saturated rings. The number of rotatable bonds is 2. The van der Waals surface area contributed by atoms with Gasteiger partial charge in [0.05, 0.1) is 19.1 Å². The standard InChI is InChI=1S/C19H18ClNO4/c20-14-2-4-16-12(9-14)8-13(11-25-16)19(22)21-15-3-5-17-18(10-15)24-7-1-6-23-17/h2-5,9-10,13H,1,6-8,11H2,(H,21,22). The number of hydrogen-bond acceptors (Lipinski definition) is 4. The molecule has 6 heteroatoms. The molecule has 2 heterocycles. The summed E-state index contributed by atoms with van der Waals surface area (Å²) in [6.45, 7) is 1.60. The van der Waals surface area contributed by atoms with E-state index >= 15 is 0 Å². The lowest BCUT2D eigenvalue weighted by Gasteiger charge is -2.24. The molecule has 130 valence electrons. The number of amides is 1. The second-order valence-corrected chi connectivity index (χ2v) is 6.60. The first-order valence-electron chi connectivity index (χ1n) is 8.31. The molecule has 0 radical (unpaired) electrons. The first-order chi connectivity index (χ1) is 12.2. The molecular weight excluding hydrogens is 342 g/mol. The van der Waals surface area contributed by atoms with Crippen molar-refractivity contribution < 1.29 is 19.0 Å². The Morgan fingerprint density at radius 3 is 2.68 bits per heavy atom. The highest BCUT2D eigenvalue weighted by Gasteiger charge is 2.26. The van der Waals surface area contributed by atoms with Crippen molar-refractivity contribution in [2.24, 2.45) is 5.92 Å². The van der Waals surface area contributed by atoms with Crippen molar-refractivity contribution in [2.45, 2.75) is 12.8 Å². The molecule has 2 aliphatic rings. The lowest BCUT2D eigenvalue weighted by atomic mass is 9.96. The molecule has 5 nitrogen and oxygen atoms in total. The van der Waals surface area contributed by atoms with Crippen LogP contribution in [0.2, 0.25) is 5.02 Å². The smallest absolute Gasteiger partial charge is 0.231 e. The Kier molecular flexibility index (Phi) is 4.40. The van der Waals surface area contributed by atoms with E-state index in [1.165, 1.54) is 0 Å². The van der Waals surface area contributed by atoms with Gasteiger partial charge in [-0.3, -0.25) is 4.79 Å². The van der Waals surface area contributed by atoms with Crippen molar-refractivity contribution in [2.75, 3.05) is 25.1 Å². The van der Waals surface area contributed by atoms with Crippen LogP contribution < -0.4 is 19.5 Å². The van der Waals surface area contributed by atoms with Crippen LogP contribution in [0, 0.1) is 5.92 Å². The van der Waals surface area contributed by atoms with Crippen LogP contribution in [0.5, 0.6) is 17.2 Å². The van der Waals surface area contributed by atoms with E-state index < -0.39 is 0 Å². The molecule has 0 aromatic heterocycles. The first-order valence-corrected chi connectivity index (χ1v) is 8.68. The normalized spacial score (nSPS) is 18.5. The second-order valence-electron chi connectivity index (χ2n) is 6.17. The van der Waals surface area contributed by atoms with Crippen LogP contribution in [0.4, 0.5) is 5.69 Å². The van der Waals surface area contributed by atoms with E-state index in [0.717, 1.165) is 17.7 Å². The molecule has 0 saturated carbocycles. The zero-order chi connectivity index (χ0) is 17.2. The Morgan fingerprint density at radius 2 is 1.80 bits per heavy atom. The topological polar surface area (TPSA) is 56.8 Å². The highest BCUT2D eigenvalue weighted by atomic mass is 35.5. The van der Waals surface area contributed by atoms with Crippen molar-refractivity contribution in [3.63, 3.8) is 0 Å². The maximum absolute atomic E-state index is 12.6. The molecular formula is C19H18ClNO4. The zero-order valence-electron chi connectivity index (χ0n) is 13.6. The fraction of sp³-hybridized carbons (Fsp3) is 0.316. The summed E-state index contributed by atoms with van der Waals surface area (Å²) < 4.78 is 17.0. The Balaban J connectivity index is 1.46. The molecule has 0 saturated heterocycles. The highest BCUT2D eigenvalue weighted by Crippen LogP contribution is 2.33. The molecule has 2 aromatic carbocycles. The lowest BCUT2D eigenvalue weighted by molar-refractivity contribution is -0.121. The maximum atomic E-state index is 12.6. The van der Waals surface area contributed by atoms with Gasteiger partial charge in [0.2, 0.25) is 5.91 Å². The van der Waals surface area contributed by atoms with Gasteiger partial charge in [-0.1, -0.05) is 11.6 Å². The summed E-state index contributed by atoms with van der Waals surface area (Å²) in [6.07, 6.45) is 1.45. The van der Waals surface area contributed by atoms with E-state index in [1.54, 1.807) is 12.1 Å². The molecule has 1 unspecified atom stereocenters. The van der Waals surface area contributed by atoms with Gasteiger partial charge in [0.1, 0.15) is 12.4 Å². The zero-order valence-corrected chi connectivity index (χ0v) is 14.3. The second kappa shape index (κ2) is 6.84. The lowest BCUT2D eigenvalue weighted by Crippen LogP contribution is -2.32. The summed E-state index contributed by atoms with van der Waals surface area (Å²) in [7, 11) is 0. The number of fused-ring (bicyclic) bond motifs is 2. The number of hydrogen-bond donors (Lipinski definition) is 1. The predicted molar refractivity (Wildman–Crippen MR) is 94.8 cm³/mol. The summed E-state index contributed by atoms with van der Waals surface area (Å²) in [5.41, 5.74) is 1.64. The quantitative estimate of drug-likeness (QED) is 0.888. The molecule has 1 N–H and O–H groups in total. The van der Waals surface area contributed by atoms with Gasteiger partial charge in [-0.2, -0.15) is 0 Å².